The molecule has 2 aliphatic heterocycles. The maximum absolute atomic E-state index is 12.7. The number of amides is 3. The number of rotatable bonds is 3. The fraction of sp³-hybridized carbons (Fsp3) is 0.438. The van der Waals surface area contributed by atoms with E-state index in [0.29, 0.717) is 36.6 Å². The highest BCUT2D eigenvalue weighted by molar-refractivity contribution is 6.30. The largest absolute Gasteiger partial charge is 0.369 e. The number of carbonyl (C=O) groups excluding carboxylic acids is 3. The van der Waals surface area contributed by atoms with E-state index < -0.39 is 0 Å². The molecule has 0 spiro atoms. The first-order chi connectivity index (χ1) is 11.0. The molecule has 3 N–H and O–H groups in total. The van der Waals surface area contributed by atoms with Crippen LogP contribution in [0.3, 0.4) is 0 Å². The van der Waals surface area contributed by atoms with Gasteiger partial charge in [0, 0.05) is 23.8 Å². The molecule has 1 aromatic rings. The number of benzene rings is 1. The molecule has 1 aromatic carbocycles. The van der Waals surface area contributed by atoms with Gasteiger partial charge in [-0.3, -0.25) is 14.4 Å². The van der Waals surface area contributed by atoms with Crippen LogP contribution in [0.5, 0.6) is 0 Å². The summed E-state index contributed by atoms with van der Waals surface area (Å²) >= 11 is 5.85. The van der Waals surface area contributed by atoms with Crippen LogP contribution in [-0.4, -0.2) is 36.9 Å². The molecule has 3 rings (SSSR count). The maximum Gasteiger partial charge on any atom is 0.292 e. The van der Waals surface area contributed by atoms with Crippen molar-refractivity contribution in [3.8, 4) is 0 Å². The molecule has 2 saturated heterocycles. The Bertz CT molecular complexity index is 638. The van der Waals surface area contributed by atoms with E-state index in [9.17, 15) is 14.4 Å². The number of imide groups is 1. The number of nitrogens with two attached hydrogens (primary N) is 1. The van der Waals surface area contributed by atoms with Gasteiger partial charge in [0.05, 0.1) is 25.2 Å². The average Bonchev–Trinajstić information content (AvgIpc) is 2.83. The molecule has 1 atom stereocenters. The van der Waals surface area contributed by atoms with Crippen LogP contribution in [0.2, 0.25) is 5.02 Å². The molecule has 0 saturated carbocycles. The van der Waals surface area contributed by atoms with E-state index in [-0.39, 0.29) is 36.1 Å². The summed E-state index contributed by atoms with van der Waals surface area (Å²) in [5.74, 6) is -0.754. The first kappa shape index (κ1) is 16.0. The fourth-order valence-corrected chi connectivity index (χ4v) is 3.56. The van der Waals surface area contributed by atoms with Crippen molar-refractivity contribution in [3.63, 3.8) is 0 Å². The lowest BCUT2D eigenvalue weighted by molar-refractivity contribution is -0.920. The highest BCUT2D eigenvalue weighted by Gasteiger charge is 2.46. The summed E-state index contributed by atoms with van der Waals surface area (Å²) in [6.45, 7) is 1.37. The van der Waals surface area contributed by atoms with Crippen LogP contribution in [0.1, 0.15) is 19.3 Å². The Labute approximate surface area is 139 Å². The van der Waals surface area contributed by atoms with Gasteiger partial charge in [-0.05, 0) is 24.3 Å². The Kier molecular flexibility index (Phi) is 4.37. The van der Waals surface area contributed by atoms with Gasteiger partial charge >= 0.3 is 0 Å². The fourth-order valence-electron chi connectivity index (χ4n) is 3.43. The van der Waals surface area contributed by atoms with E-state index in [4.69, 9.17) is 17.3 Å². The second-order valence-corrected chi connectivity index (χ2v) is 6.57. The van der Waals surface area contributed by atoms with E-state index in [1.807, 2.05) is 0 Å². The molecule has 0 bridgehead atoms. The average molecular weight is 337 g/mol. The number of carbonyl (C=O) groups is 3. The lowest BCUT2D eigenvalue weighted by Gasteiger charge is -2.30. The van der Waals surface area contributed by atoms with Gasteiger partial charge in [0.2, 0.25) is 11.8 Å². The number of piperidine rings is 1. The van der Waals surface area contributed by atoms with Crippen LogP contribution >= 0.6 is 11.6 Å². The van der Waals surface area contributed by atoms with Crippen molar-refractivity contribution in [2.24, 2.45) is 11.7 Å². The highest BCUT2D eigenvalue weighted by atomic mass is 35.5. The SMILES string of the molecule is NC(=O)C1CC[NH+](C2CC(=O)N(c3ccc(Cl)cc3)C2=O)CC1. The summed E-state index contributed by atoms with van der Waals surface area (Å²) in [6.07, 6.45) is 1.55. The zero-order chi connectivity index (χ0) is 16.6. The third kappa shape index (κ3) is 3.09. The molecule has 23 heavy (non-hydrogen) atoms. The predicted octanol–water partition coefficient (Wildman–Crippen LogP) is -0.248. The number of quaternary nitrogens is 1. The second-order valence-electron chi connectivity index (χ2n) is 6.14. The lowest BCUT2D eigenvalue weighted by atomic mass is 9.95. The van der Waals surface area contributed by atoms with Crippen molar-refractivity contribution in [3.05, 3.63) is 29.3 Å². The first-order valence-corrected chi connectivity index (χ1v) is 8.11. The molecule has 0 aromatic heterocycles. The maximum atomic E-state index is 12.7. The Balaban J connectivity index is 1.72. The third-order valence-corrected chi connectivity index (χ3v) is 5.01. The van der Waals surface area contributed by atoms with Crippen molar-refractivity contribution >= 4 is 35.0 Å². The van der Waals surface area contributed by atoms with E-state index >= 15 is 0 Å². The van der Waals surface area contributed by atoms with Crippen molar-refractivity contribution in [1.82, 2.24) is 0 Å². The summed E-state index contributed by atoms with van der Waals surface area (Å²) in [6, 6.07) is 6.31. The van der Waals surface area contributed by atoms with Gasteiger partial charge in [-0.2, -0.15) is 0 Å². The number of nitrogens with one attached hydrogen (secondary N) is 1. The number of likely N-dealkylation sites (tertiary alicyclic amines) is 1. The summed E-state index contributed by atoms with van der Waals surface area (Å²) in [5.41, 5.74) is 5.89. The highest BCUT2D eigenvalue weighted by Crippen LogP contribution is 2.24. The molecule has 0 radical (unpaired) electrons. The minimum absolute atomic E-state index is 0.113. The quantitative estimate of drug-likeness (QED) is 0.747. The summed E-state index contributed by atoms with van der Waals surface area (Å²) in [7, 11) is 0. The van der Waals surface area contributed by atoms with Gasteiger partial charge in [0.25, 0.3) is 5.91 Å². The van der Waals surface area contributed by atoms with Gasteiger partial charge < -0.3 is 10.6 Å². The number of hydrogen-bond acceptors (Lipinski definition) is 3. The Hall–Kier alpha value is -1.92. The smallest absolute Gasteiger partial charge is 0.292 e. The molecular formula is C16H19ClN3O3+. The van der Waals surface area contributed by atoms with Crippen molar-refractivity contribution in [2.45, 2.75) is 25.3 Å². The Morgan fingerprint density at radius 3 is 2.35 bits per heavy atom. The first-order valence-electron chi connectivity index (χ1n) is 7.73. The molecule has 3 amide bonds. The number of primary amides is 1. The van der Waals surface area contributed by atoms with Gasteiger partial charge in [-0.15, -0.1) is 0 Å². The van der Waals surface area contributed by atoms with Crippen LogP contribution in [-0.2, 0) is 14.4 Å². The van der Waals surface area contributed by atoms with Crippen LogP contribution in [0.15, 0.2) is 24.3 Å². The zero-order valence-corrected chi connectivity index (χ0v) is 13.4. The normalized spacial score (nSPS) is 28.2. The van der Waals surface area contributed by atoms with Crippen molar-refractivity contribution in [2.75, 3.05) is 18.0 Å². The Morgan fingerprint density at radius 2 is 1.78 bits per heavy atom. The molecule has 2 aliphatic rings. The molecule has 2 fully saturated rings. The molecule has 2 heterocycles. The standard InChI is InChI=1S/C16H18ClN3O3/c17-11-1-3-12(4-2-11)20-14(21)9-13(16(20)23)19-7-5-10(6-8-19)15(18)22/h1-4,10,13H,5-9H2,(H2,18,22)/p+1. The number of hydrogen-bond donors (Lipinski definition) is 2. The van der Waals surface area contributed by atoms with Gasteiger partial charge in [0.1, 0.15) is 0 Å². The number of anilines is 1. The van der Waals surface area contributed by atoms with Crippen LogP contribution < -0.4 is 15.5 Å². The minimum Gasteiger partial charge on any atom is -0.369 e. The monoisotopic (exact) mass is 336 g/mol. The molecule has 0 aliphatic carbocycles. The van der Waals surface area contributed by atoms with Crippen molar-refractivity contribution in [1.29, 1.82) is 0 Å². The molecule has 7 heteroatoms. The number of nitrogens with zero attached hydrogens (tertiary/aromatic N) is 1. The van der Waals surface area contributed by atoms with E-state index in [0.717, 1.165) is 4.90 Å². The zero-order valence-electron chi connectivity index (χ0n) is 12.6. The summed E-state index contributed by atoms with van der Waals surface area (Å²) in [5, 5.41) is 0.559. The molecule has 1 unspecified atom stereocenters. The van der Waals surface area contributed by atoms with Crippen LogP contribution in [0, 0.1) is 5.92 Å². The van der Waals surface area contributed by atoms with Crippen molar-refractivity contribution < 1.29 is 19.3 Å². The molecule has 122 valence electrons. The van der Waals surface area contributed by atoms with Gasteiger partial charge in [-0.1, -0.05) is 11.6 Å². The lowest BCUT2D eigenvalue weighted by Crippen LogP contribution is -3.17. The van der Waals surface area contributed by atoms with Gasteiger partial charge in [0.15, 0.2) is 6.04 Å². The predicted molar refractivity (Wildman–Crippen MR) is 85.0 cm³/mol. The topological polar surface area (TPSA) is 84.9 Å². The van der Waals surface area contributed by atoms with Crippen LogP contribution in [0.4, 0.5) is 5.69 Å². The van der Waals surface area contributed by atoms with E-state index in [2.05, 4.69) is 0 Å². The Morgan fingerprint density at radius 1 is 1.17 bits per heavy atom. The summed E-state index contributed by atoms with van der Waals surface area (Å²) in [4.78, 5) is 38.5. The van der Waals surface area contributed by atoms with E-state index in [1.54, 1.807) is 24.3 Å². The third-order valence-electron chi connectivity index (χ3n) is 4.75. The second kappa shape index (κ2) is 6.29. The molecular weight excluding hydrogens is 318 g/mol. The summed E-state index contributed by atoms with van der Waals surface area (Å²) < 4.78 is 0. The molecule has 6 nitrogen and oxygen atoms in total. The van der Waals surface area contributed by atoms with Crippen LogP contribution in [0.25, 0.3) is 0 Å². The van der Waals surface area contributed by atoms with E-state index in [1.165, 1.54) is 4.90 Å². The number of halogens is 1. The minimum atomic E-state index is -0.369. The van der Waals surface area contributed by atoms with Gasteiger partial charge in [-0.25, -0.2) is 4.90 Å².